The van der Waals surface area contributed by atoms with Crippen LogP contribution < -0.4 is 10.5 Å². The molecule has 4 heteroatoms. The lowest BCUT2D eigenvalue weighted by Gasteiger charge is -2.20. The zero-order valence-corrected chi connectivity index (χ0v) is 11.8. The van der Waals surface area contributed by atoms with Crippen molar-refractivity contribution in [3.8, 4) is 5.75 Å². The van der Waals surface area contributed by atoms with Crippen LogP contribution in [0.4, 0.5) is 0 Å². The number of rotatable bonds is 3. The van der Waals surface area contributed by atoms with E-state index in [9.17, 15) is 0 Å². The van der Waals surface area contributed by atoms with Gasteiger partial charge in [0.2, 0.25) is 0 Å². The molecule has 0 aliphatic carbocycles. The number of ether oxygens (including phenoxy) is 1. The number of likely N-dealkylation sites (N-methyl/N-ethyl adjacent to an activating group) is 1. The third-order valence-electron chi connectivity index (χ3n) is 3.22. The smallest absolute Gasteiger partial charge is 0.128 e. The largest absolute Gasteiger partial charge is 0.496 e. The molecule has 0 radical (unpaired) electrons. The molecule has 0 bridgehead atoms. The van der Waals surface area contributed by atoms with Gasteiger partial charge in [0, 0.05) is 24.4 Å². The van der Waals surface area contributed by atoms with Gasteiger partial charge in [0.05, 0.1) is 19.4 Å². The first-order valence-corrected chi connectivity index (χ1v) is 6.44. The van der Waals surface area contributed by atoms with E-state index in [0.717, 1.165) is 42.2 Å². The number of methoxy groups -OCH3 is 1. The Bertz CT molecular complexity index is 520. The van der Waals surface area contributed by atoms with Gasteiger partial charge >= 0.3 is 0 Å². The van der Waals surface area contributed by atoms with Crippen LogP contribution in [0.5, 0.6) is 5.75 Å². The summed E-state index contributed by atoms with van der Waals surface area (Å²) < 4.78 is 5.36. The van der Waals surface area contributed by atoms with Crippen molar-refractivity contribution in [2.75, 3.05) is 33.8 Å². The van der Waals surface area contributed by atoms with Crippen molar-refractivity contribution in [1.82, 2.24) is 4.90 Å². The molecule has 1 aromatic carbocycles. The summed E-state index contributed by atoms with van der Waals surface area (Å²) in [6.45, 7) is 4.72. The highest BCUT2D eigenvalue weighted by atomic mass is 16.5. The van der Waals surface area contributed by atoms with Crippen LogP contribution in [0, 0.1) is 6.92 Å². The Balaban J connectivity index is 2.30. The lowest BCUT2D eigenvalue weighted by atomic mass is 10.1. The number of aryl methyl sites for hydroxylation is 1. The molecule has 19 heavy (non-hydrogen) atoms. The molecule has 0 unspecified atom stereocenters. The van der Waals surface area contributed by atoms with Crippen LogP contribution in [0.2, 0.25) is 0 Å². The third-order valence-corrected chi connectivity index (χ3v) is 3.22. The Hall–Kier alpha value is -1.81. The van der Waals surface area contributed by atoms with Crippen LogP contribution >= 0.6 is 0 Å². The SMILES string of the molecule is COc1ccc(C)cc1C(N)=CC1=NCCN(C)C1. The van der Waals surface area contributed by atoms with Crippen molar-refractivity contribution in [2.45, 2.75) is 6.92 Å². The first-order chi connectivity index (χ1) is 9.10. The molecule has 0 spiro atoms. The molecule has 4 nitrogen and oxygen atoms in total. The number of nitrogens with zero attached hydrogens (tertiary/aromatic N) is 2. The van der Waals surface area contributed by atoms with Gasteiger partial charge in [-0.2, -0.15) is 0 Å². The second kappa shape index (κ2) is 5.89. The fourth-order valence-corrected chi connectivity index (χ4v) is 2.17. The number of nitrogens with two attached hydrogens (primary N) is 1. The quantitative estimate of drug-likeness (QED) is 0.898. The zero-order valence-electron chi connectivity index (χ0n) is 11.8. The summed E-state index contributed by atoms with van der Waals surface area (Å²) in [5.74, 6) is 0.795. The molecule has 1 heterocycles. The number of hydrogen-bond acceptors (Lipinski definition) is 4. The minimum Gasteiger partial charge on any atom is -0.496 e. The predicted molar refractivity (Wildman–Crippen MR) is 79.7 cm³/mol. The van der Waals surface area contributed by atoms with Crippen molar-refractivity contribution >= 4 is 11.4 Å². The van der Waals surface area contributed by atoms with Gasteiger partial charge in [-0.1, -0.05) is 11.6 Å². The first-order valence-electron chi connectivity index (χ1n) is 6.44. The monoisotopic (exact) mass is 259 g/mol. The minimum atomic E-state index is 0.703. The highest BCUT2D eigenvalue weighted by molar-refractivity contribution is 6.02. The molecule has 1 aliphatic heterocycles. The zero-order chi connectivity index (χ0) is 13.8. The molecule has 102 valence electrons. The Morgan fingerprint density at radius 3 is 2.95 bits per heavy atom. The lowest BCUT2D eigenvalue weighted by Crippen LogP contribution is -2.32. The van der Waals surface area contributed by atoms with Crippen LogP contribution in [-0.2, 0) is 0 Å². The van der Waals surface area contributed by atoms with Crippen LogP contribution in [0.25, 0.3) is 5.70 Å². The molecule has 1 aliphatic rings. The molecular weight excluding hydrogens is 238 g/mol. The molecule has 0 atom stereocenters. The maximum absolute atomic E-state index is 6.20. The van der Waals surface area contributed by atoms with Crippen molar-refractivity contribution in [3.05, 3.63) is 35.4 Å². The Morgan fingerprint density at radius 2 is 2.26 bits per heavy atom. The normalized spacial score (nSPS) is 17.2. The molecule has 0 fully saturated rings. The van der Waals surface area contributed by atoms with Gasteiger partial charge in [0.1, 0.15) is 5.75 Å². The van der Waals surface area contributed by atoms with E-state index in [1.807, 2.05) is 31.2 Å². The molecule has 1 aromatic rings. The summed E-state index contributed by atoms with van der Waals surface area (Å²) in [5, 5.41) is 0. The topological polar surface area (TPSA) is 50.9 Å². The van der Waals surface area contributed by atoms with Crippen LogP contribution in [0.3, 0.4) is 0 Å². The van der Waals surface area contributed by atoms with Gasteiger partial charge in [-0.25, -0.2) is 0 Å². The van der Waals surface area contributed by atoms with Crippen molar-refractivity contribution in [3.63, 3.8) is 0 Å². The van der Waals surface area contributed by atoms with E-state index in [-0.39, 0.29) is 0 Å². The maximum Gasteiger partial charge on any atom is 0.128 e. The number of aliphatic imine (C=N–C) groups is 1. The number of hydrogen-bond donors (Lipinski definition) is 1. The van der Waals surface area contributed by atoms with Crippen molar-refractivity contribution in [1.29, 1.82) is 0 Å². The highest BCUT2D eigenvalue weighted by Gasteiger charge is 2.11. The average Bonchev–Trinajstić information content (AvgIpc) is 2.38. The molecule has 0 saturated carbocycles. The molecule has 2 N–H and O–H groups in total. The second-order valence-electron chi connectivity index (χ2n) is 4.91. The van der Waals surface area contributed by atoms with Crippen molar-refractivity contribution < 1.29 is 4.74 Å². The summed E-state index contributed by atoms with van der Waals surface area (Å²) in [6, 6.07) is 6.00. The summed E-state index contributed by atoms with van der Waals surface area (Å²) in [4.78, 5) is 6.74. The maximum atomic E-state index is 6.20. The summed E-state index contributed by atoms with van der Waals surface area (Å²) in [6.07, 6.45) is 1.95. The summed E-state index contributed by atoms with van der Waals surface area (Å²) in [7, 11) is 3.75. The first kappa shape index (κ1) is 13.6. The molecule has 0 amide bonds. The minimum absolute atomic E-state index is 0.703. The van der Waals surface area contributed by atoms with Crippen LogP contribution in [0.15, 0.2) is 29.3 Å². The van der Waals surface area contributed by atoms with Crippen LogP contribution in [-0.4, -0.2) is 44.4 Å². The Labute approximate surface area is 114 Å². The van der Waals surface area contributed by atoms with E-state index in [1.54, 1.807) is 7.11 Å². The summed E-state index contributed by atoms with van der Waals surface area (Å²) in [5.41, 5.74) is 10.0. The van der Waals surface area contributed by atoms with E-state index >= 15 is 0 Å². The summed E-state index contributed by atoms with van der Waals surface area (Å²) >= 11 is 0. The van der Waals surface area contributed by atoms with E-state index in [0.29, 0.717) is 5.70 Å². The van der Waals surface area contributed by atoms with Crippen LogP contribution in [0.1, 0.15) is 11.1 Å². The third kappa shape index (κ3) is 3.35. The van der Waals surface area contributed by atoms with Gasteiger partial charge < -0.3 is 10.5 Å². The number of benzene rings is 1. The fraction of sp³-hybridized carbons (Fsp3) is 0.400. The van der Waals surface area contributed by atoms with Gasteiger partial charge in [-0.15, -0.1) is 0 Å². The Morgan fingerprint density at radius 1 is 1.47 bits per heavy atom. The van der Waals surface area contributed by atoms with Gasteiger partial charge in [0.25, 0.3) is 0 Å². The second-order valence-corrected chi connectivity index (χ2v) is 4.91. The van der Waals surface area contributed by atoms with E-state index in [1.165, 1.54) is 0 Å². The average molecular weight is 259 g/mol. The molecule has 0 saturated heterocycles. The lowest BCUT2D eigenvalue weighted by molar-refractivity contribution is 0.379. The standard InChI is InChI=1S/C15H21N3O/c1-11-4-5-15(19-3)13(8-11)14(16)9-12-10-18(2)7-6-17-12/h4-5,8-9H,6-7,10,16H2,1-3H3. The van der Waals surface area contributed by atoms with Crippen molar-refractivity contribution in [2.24, 2.45) is 10.7 Å². The highest BCUT2D eigenvalue weighted by Crippen LogP contribution is 2.24. The Kier molecular flexibility index (Phi) is 4.22. The van der Waals surface area contributed by atoms with Gasteiger partial charge in [-0.3, -0.25) is 9.89 Å². The van der Waals surface area contributed by atoms with Gasteiger partial charge in [0.15, 0.2) is 0 Å². The predicted octanol–water partition coefficient (Wildman–Crippen LogP) is 1.69. The van der Waals surface area contributed by atoms with E-state index in [2.05, 4.69) is 16.9 Å². The molecular formula is C15H21N3O. The van der Waals surface area contributed by atoms with Gasteiger partial charge in [-0.05, 0) is 32.2 Å². The van der Waals surface area contributed by atoms with E-state index < -0.39 is 0 Å². The molecule has 2 rings (SSSR count). The van der Waals surface area contributed by atoms with E-state index in [4.69, 9.17) is 10.5 Å². The fourth-order valence-electron chi connectivity index (χ4n) is 2.17. The molecule has 0 aromatic heterocycles.